The van der Waals surface area contributed by atoms with Gasteiger partial charge in [-0.25, -0.2) is 0 Å². The van der Waals surface area contributed by atoms with Gasteiger partial charge in [-0.2, -0.15) is 0 Å². The van der Waals surface area contributed by atoms with E-state index in [4.69, 9.17) is 5.11 Å². The first-order chi connectivity index (χ1) is 7.45. The highest BCUT2D eigenvalue weighted by Gasteiger charge is 2.18. The fraction of sp³-hybridized carbons (Fsp3) is 0.538. The molecular formula is C13H21NO2. The molecule has 1 aromatic rings. The first-order valence-electron chi connectivity index (χ1n) is 5.59. The Hall–Kier alpha value is -1.06. The van der Waals surface area contributed by atoms with Gasteiger partial charge in [0.2, 0.25) is 0 Å². The van der Waals surface area contributed by atoms with Gasteiger partial charge in [-0.3, -0.25) is 0 Å². The van der Waals surface area contributed by atoms with Gasteiger partial charge < -0.3 is 15.5 Å². The van der Waals surface area contributed by atoms with Crippen LogP contribution in [0, 0.1) is 0 Å². The van der Waals surface area contributed by atoms with E-state index in [-0.39, 0.29) is 12.0 Å². The number of hydrogen-bond acceptors (Lipinski definition) is 3. The van der Waals surface area contributed by atoms with E-state index in [9.17, 15) is 5.11 Å². The Morgan fingerprint density at radius 3 is 2.50 bits per heavy atom. The minimum absolute atomic E-state index is 0.0585. The molecule has 16 heavy (non-hydrogen) atoms. The van der Waals surface area contributed by atoms with Crippen molar-refractivity contribution in [2.45, 2.75) is 32.7 Å². The van der Waals surface area contributed by atoms with E-state index in [1.54, 1.807) is 6.07 Å². The van der Waals surface area contributed by atoms with Crippen molar-refractivity contribution in [2.75, 3.05) is 13.2 Å². The Bertz CT molecular complexity index is 342. The summed E-state index contributed by atoms with van der Waals surface area (Å²) in [5.41, 5.74) is 2.02. The lowest BCUT2D eigenvalue weighted by atomic mass is 9.85. The van der Waals surface area contributed by atoms with Gasteiger partial charge in [-0.05, 0) is 22.6 Å². The van der Waals surface area contributed by atoms with Crippen LogP contribution >= 0.6 is 0 Å². The second-order valence-corrected chi connectivity index (χ2v) is 5.00. The molecule has 0 aromatic heterocycles. The predicted octanol–water partition coefficient (Wildman–Crippen LogP) is 1.77. The number of aliphatic hydroxyl groups excluding tert-OH is 1. The number of phenols is 1. The summed E-state index contributed by atoms with van der Waals surface area (Å²) in [7, 11) is 0. The van der Waals surface area contributed by atoms with E-state index in [0.717, 1.165) is 11.1 Å². The van der Waals surface area contributed by atoms with Crippen LogP contribution in [0.5, 0.6) is 5.75 Å². The van der Waals surface area contributed by atoms with E-state index in [1.807, 2.05) is 12.1 Å². The third kappa shape index (κ3) is 3.51. The SMILES string of the molecule is CC(C)(C)c1cc(CNCCO)ccc1O. The minimum atomic E-state index is -0.0585. The number of benzene rings is 1. The summed E-state index contributed by atoms with van der Waals surface area (Å²) < 4.78 is 0. The summed E-state index contributed by atoms with van der Waals surface area (Å²) in [6.07, 6.45) is 0. The van der Waals surface area contributed by atoms with Crippen molar-refractivity contribution in [1.82, 2.24) is 5.32 Å². The molecule has 0 bridgehead atoms. The van der Waals surface area contributed by atoms with E-state index >= 15 is 0 Å². The molecule has 90 valence electrons. The van der Waals surface area contributed by atoms with E-state index in [1.165, 1.54) is 0 Å². The predicted molar refractivity (Wildman–Crippen MR) is 65.6 cm³/mol. The lowest BCUT2D eigenvalue weighted by Gasteiger charge is -2.21. The zero-order valence-electron chi connectivity index (χ0n) is 10.2. The van der Waals surface area contributed by atoms with Crippen LogP contribution in [-0.2, 0) is 12.0 Å². The first-order valence-corrected chi connectivity index (χ1v) is 5.59. The summed E-state index contributed by atoms with van der Waals surface area (Å²) >= 11 is 0. The lowest BCUT2D eigenvalue weighted by molar-refractivity contribution is 0.292. The molecule has 0 heterocycles. The largest absolute Gasteiger partial charge is 0.508 e. The van der Waals surface area contributed by atoms with Crippen LogP contribution in [0.15, 0.2) is 18.2 Å². The smallest absolute Gasteiger partial charge is 0.119 e. The molecule has 0 saturated carbocycles. The van der Waals surface area contributed by atoms with Crippen molar-refractivity contribution in [3.8, 4) is 5.75 Å². The lowest BCUT2D eigenvalue weighted by Crippen LogP contribution is -2.18. The third-order valence-corrected chi connectivity index (χ3v) is 2.49. The maximum absolute atomic E-state index is 9.78. The molecule has 0 spiro atoms. The average Bonchev–Trinajstić information content (AvgIpc) is 2.19. The van der Waals surface area contributed by atoms with Crippen LogP contribution in [0.4, 0.5) is 0 Å². The van der Waals surface area contributed by atoms with Crippen molar-refractivity contribution in [3.05, 3.63) is 29.3 Å². The number of rotatable bonds is 4. The number of nitrogens with one attached hydrogen (secondary N) is 1. The standard InChI is InChI=1S/C13H21NO2/c1-13(2,3)11-8-10(4-5-12(11)16)9-14-6-7-15/h4-5,8,14-16H,6-7,9H2,1-3H3. The Labute approximate surface area is 97.1 Å². The second-order valence-electron chi connectivity index (χ2n) is 5.00. The van der Waals surface area contributed by atoms with Crippen molar-refractivity contribution in [2.24, 2.45) is 0 Å². The Morgan fingerprint density at radius 1 is 1.25 bits per heavy atom. The number of hydrogen-bond donors (Lipinski definition) is 3. The second kappa shape index (κ2) is 5.32. The van der Waals surface area contributed by atoms with Crippen LogP contribution in [0.2, 0.25) is 0 Å². The molecule has 3 nitrogen and oxygen atoms in total. The van der Waals surface area contributed by atoms with Gasteiger partial charge in [-0.15, -0.1) is 0 Å². The van der Waals surface area contributed by atoms with Crippen LogP contribution in [0.3, 0.4) is 0 Å². The van der Waals surface area contributed by atoms with E-state index in [2.05, 4.69) is 26.1 Å². The fourth-order valence-corrected chi connectivity index (χ4v) is 1.61. The van der Waals surface area contributed by atoms with Crippen molar-refractivity contribution >= 4 is 0 Å². The quantitative estimate of drug-likeness (QED) is 0.682. The zero-order valence-corrected chi connectivity index (χ0v) is 10.2. The highest BCUT2D eigenvalue weighted by Crippen LogP contribution is 2.31. The molecule has 0 atom stereocenters. The van der Waals surface area contributed by atoms with Crippen LogP contribution in [0.1, 0.15) is 31.9 Å². The molecule has 0 fully saturated rings. The van der Waals surface area contributed by atoms with Crippen molar-refractivity contribution in [3.63, 3.8) is 0 Å². The molecule has 1 rings (SSSR count). The molecule has 0 aliphatic carbocycles. The summed E-state index contributed by atoms with van der Waals surface area (Å²) in [5.74, 6) is 0.346. The molecule has 1 aromatic carbocycles. The molecular weight excluding hydrogens is 202 g/mol. The third-order valence-electron chi connectivity index (χ3n) is 2.49. The number of phenolic OH excluding ortho intramolecular Hbond substituents is 1. The Morgan fingerprint density at radius 2 is 1.94 bits per heavy atom. The topological polar surface area (TPSA) is 52.5 Å². The highest BCUT2D eigenvalue weighted by atomic mass is 16.3. The molecule has 0 aliphatic rings. The fourth-order valence-electron chi connectivity index (χ4n) is 1.61. The van der Waals surface area contributed by atoms with Gasteiger partial charge in [0.25, 0.3) is 0 Å². The monoisotopic (exact) mass is 223 g/mol. The molecule has 0 saturated heterocycles. The normalized spacial score (nSPS) is 11.8. The van der Waals surface area contributed by atoms with Crippen LogP contribution in [0.25, 0.3) is 0 Å². The van der Waals surface area contributed by atoms with Crippen LogP contribution in [-0.4, -0.2) is 23.4 Å². The molecule has 0 unspecified atom stereocenters. The van der Waals surface area contributed by atoms with Gasteiger partial charge in [0, 0.05) is 13.1 Å². The average molecular weight is 223 g/mol. The molecule has 3 N–H and O–H groups in total. The molecule has 3 heteroatoms. The molecule has 0 aliphatic heterocycles. The minimum Gasteiger partial charge on any atom is -0.508 e. The first kappa shape index (κ1) is 13.0. The van der Waals surface area contributed by atoms with Crippen molar-refractivity contribution in [1.29, 1.82) is 0 Å². The maximum Gasteiger partial charge on any atom is 0.119 e. The zero-order chi connectivity index (χ0) is 12.2. The summed E-state index contributed by atoms with van der Waals surface area (Å²) in [6, 6.07) is 5.64. The van der Waals surface area contributed by atoms with E-state index < -0.39 is 0 Å². The summed E-state index contributed by atoms with van der Waals surface area (Å²) in [5, 5.41) is 21.6. The Kier molecular flexibility index (Phi) is 4.33. The maximum atomic E-state index is 9.78. The Balaban J connectivity index is 2.82. The molecule has 0 amide bonds. The van der Waals surface area contributed by atoms with E-state index in [0.29, 0.717) is 18.8 Å². The van der Waals surface area contributed by atoms with Crippen molar-refractivity contribution < 1.29 is 10.2 Å². The highest BCUT2D eigenvalue weighted by molar-refractivity contribution is 5.40. The van der Waals surface area contributed by atoms with Gasteiger partial charge in [0.05, 0.1) is 6.61 Å². The summed E-state index contributed by atoms with van der Waals surface area (Å²) in [6.45, 7) is 7.67. The van der Waals surface area contributed by atoms with Gasteiger partial charge in [0.15, 0.2) is 0 Å². The van der Waals surface area contributed by atoms with Gasteiger partial charge in [-0.1, -0.05) is 32.9 Å². The number of aromatic hydroxyl groups is 1. The van der Waals surface area contributed by atoms with Crippen LogP contribution < -0.4 is 5.32 Å². The summed E-state index contributed by atoms with van der Waals surface area (Å²) in [4.78, 5) is 0. The van der Waals surface area contributed by atoms with Gasteiger partial charge in [0.1, 0.15) is 5.75 Å². The number of aliphatic hydroxyl groups is 1. The van der Waals surface area contributed by atoms with Gasteiger partial charge >= 0.3 is 0 Å². The molecule has 0 radical (unpaired) electrons.